The van der Waals surface area contributed by atoms with Crippen molar-refractivity contribution in [3.8, 4) is 11.1 Å². The standard InChI is InChI=1S/C22H25FN6O/c1-13-5-7-17(8-6-13)18-9-20(28-27-16(18)4)25-21-19(23)10-24-22(26-21)29-11-14(2)30-15(3)12-29/h5-10,14-15H,11-12H2,1-4H3,(H,24,25,26,28)/t14-,15+. The van der Waals surface area contributed by atoms with Gasteiger partial charge >= 0.3 is 0 Å². The second kappa shape index (κ2) is 8.31. The van der Waals surface area contributed by atoms with Crippen molar-refractivity contribution in [2.24, 2.45) is 0 Å². The van der Waals surface area contributed by atoms with Crippen LogP contribution in [0, 0.1) is 19.7 Å². The van der Waals surface area contributed by atoms with E-state index in [4.69, 9.17) is 4.74 Å². The van der Waals surface area contributed by atoms with E-state index in [1.54, 1.807) is 0 Å². The second-order valence-electron chi connectivity index (χ2n) is 7.75. The average Bonchev–Trinajstić information content (AvgIpc) is 2.71. The fourth-order valence-electron chi connectivity index (χ4n) is 3.60. The molecule has 0 bridgehead atoms. The molecule has 3 aromatic rings. The highest BCUT2D eigenvalue weighted by Crippen LogP contribution is 2.26. The van der Waals surface area contributed by atoms with Gasteiger partial charge < -0.3 is 15.0 Å². The summed E-state index contributed by atoms with van der Waals surface area (Å²) in [4.78, 5) is 10.6. The number of benzene rings is 1. The van der Waals surface area contributed by atoms with E-state index in [2.05, 4.69) is 25.5 Å². The third-order valence-corrected chi connectivity index (χ3v) is 5.02. The molecule has 1 N–H and O–H groups in total. The lowest BCUT2D eigenvalue weighted by Gasteiger charge is -2.35. The van der Waals surface area contributed by atoms with Crippen molar-refractivity contribution in [3.63, 3.8) is 0 Å². The Bertz CT molecular complexity index is 1030. The van der Waals surface area contributed by atoms with Crippen LogP contribution in [-0.2, 0) is 4.74 Å². The van der Waals surface area contributed by atoms with Gasteiger partial charge in [0, 0.05) is 18.7 Å². The van der Waals surface area contributed by atoms with E-state index in [1.807, 2.05) is 62.9 Å². The van der Waals surface area contributed by atoms with Crippen molar-refractivity contribution in [2.75, 3.05) is 23.3 Å². The summed E-state index contributed by atoms with van der Waals surface area (Å²) in [6.07, 6.45) is 1.29. The maximum absolute atomic E-state index is 14.4. The minimum atomic E-state index is -0.549. The maximum Gasteiger partial charge on any atom is 0.227 e. The number of nitrogens with one attached hydrogen (secondary N) is 1. The van der Waals surface area contributed by atoms with E-state index < -0.39 is 5.82 Å². The molecule has 0 spiro atoms. The van der Waals surface area contributed by atoms with E-state index in [-0.39, 0.29) is 18.0 Å². The van der Waals surface area contributed by atoms with E-state index in [0.717, 1.165) is 16.8 Å². The molecule has 1 aromatic carbocycles. The lowest BCUT2D eigenvalue weighted by Crippen LogP contribution is -2.46. The maximum atomic E-state index is 14.4. The molecule has 1 fully saturated rings. The predicted molar refractivity (Wildman–Crippen MR) is 114 cm³/mol. The van der Waals surface area contributed by atoms with Gasteiger partial charge in [-0.15, -0.1) is 5.10 Å². The van der Waals surface area contributed by atoms with Gasteiger partial charge in [0.25, 0.3) is 0 Å². The third-order valence-electron chi connectivity index (χ3n) is 5.02. The monoisotopic (exact) mass is 408 g/mol. The van der Waals surface area contributed by atoms with Gasteiger partial charge in [-0.25, -0.2) is 9.37 Å². The van der Waals surface area contributed by atoms with Gasteiger partial charge in [0.1, 0.15) is 0 Å². The fraction of sp³-hybridized carbons (Fsp3) is 0.364. The van der Waals surface area contributed by atoms with Crippen LogP contribution in [0.5, 0.6) is 0 Å². The van der Waals surface area contributed by atoms with Crippen LogP contribution in [0.2, 0.25) is 0 Å². The molecular weight excluding hydrogens is 383 g/mol. The first-order valence-electron chi connectivity index (χ1n) is 10.0. The molecule has 30 heavy (non-hydrogen) atoms. The molecular formula is C22H25FN6O. The largest absolute Gasteiger partial charge is 0.372 e. The molecule has 2 aromatic heterocycles. The molecule has 3 heterocycles. The van der Waals surface area contributed by atoms with Gasteiger partial charge in [-0.05, 0) is 39.3 Å². The summed E-state index contributed by atoms with van der Waals surface area (Å²) in [5.41, 5.74) is 3.93. The summed E-state index contributed by atoms with van der Waals surface area (Å²) < 4.78 is 20.2. The number of nitrogens with zero attached hydrogens (tertiary/aromatic N) is 5. The number of morpholine rings is 1. The predicted octanol–water partition coefficient (Wildman–Crippen LogP) is 4.05. The molecule has 0 amide bonds. The molecule has 0 radical (unpaired) electrons. The van der Waals surface area contributed by atoms with Crippen LogP contribution in [0.15, 0.2) is 36.5 Å². The van der Waals surface area contributed by atoms with Crippen molar-refractivity contribution in [2.45, 2.75) is 39.9 Å². The van der Waals surface area contributed by atoms with Crippen molar-refractivity contribution in [1.29, 1.82) is 0 Å². The number of anilines is 3. The Morgan fingerprint density at radius 3 is 2.47 bits per heavy atom. The highest BCUT2D eigenvalue weighted by molar-refractivity contribution is 5.70. The number of halogens is 1. The molecule has 0 aliphatic carbocycles. The van der Waals surface area contributed by atoms with Crippen molar-refractivity contribution in [1.82, 2.24) is 20.2 Å². The average molecular weight is 408 g/mol. The summed E-state index contributed by atoms with van der Waals surface area (Å²) in [6.45, 7) is 9.24. The molecule has 7 nitrogen and oxygen atoms in total. The lowest BCUT2D eigenvalue weighted by atomic mass is 10.0. The minimum Gasteiger partial charge on any atom is -0.372 e. The van der Waals surface area contributed by atoms with Gasteiger partial charge in [0.05, 0.1) is 24.1 Å². The van der Waals surface area contributed by atoms with Gasteiger partial charge in [-0.2, -0.15) is 10.1 Å². The summed E-state index contributed by atoms with van der Waals surface area (Å²) in [5, 5.41) is 11.4. The van der Waals surface area contributed by atoms with Gasteiger partial charge in [-0.3, -0.25) is 0 Å². The second-order valence-corrected chi connectivity index (χ2v) is 7.75. The third kappa shape index (κ3) is 4.38. The summed E-state index contributed by atoms with van der Waals surface area (Å²) in [5.74, 6) is 0.398. The molecule has 156 valence electrons. The Morgan fingerprint density at radius 1 is 1.07 bits per heavy atom. The molecule has 1 aliphatic heterocycles. The van der Waals surface area contributed by atoms with E-state index >= 15 is 0 Å². The van der Waals surface area contributed by atoms with Crippen molar-refractivity contribution >= 4 is 17.6 Å². The van der Waals surface area contributed by atoms with Crippen LogP contribution < -0.4 is 10.2 Å². The first kappa shape index (κ1) is 20.2. The Morgan fingerprint density at radius 2 is 1.77 bits per heavy atom. The molecule has 1 saturated heterocycles. The number of hydrogen-bond donors (Lipinski definition) is 1. The number of aryl methyl sites for hydroxylation is 2. The van der Waals surface area contributed by atoms with Gasteiger partial charge in [0.15, 0.2) is 17.5 Å². The summed E-state index contributed by atoms with van der Waals surface area (Å²) in [6, 6.07) is 10.0. The molecule has 0 saturated carbocycles. The smallest absolute Gasteiger partial charge is 0.227 e. The van der Waals surface area contributed by atoms with Crippen LogP contribution in [-0.4, -0.2) is 45.5 Å². The molecule has 1 aliphatic rings. The number of hydrogen-bond acceptors (Lipinski definition) is 7. The van der Waals surface area contributed by atoms with E-state index in [0.29, 0.717) is 24.9 Å². The van der Waals surface area contributed by atoms with E-state index in [9.17, 15) is 4.39 Å². The van der Waals surface area contributed by atoms with Crippen molar-refractivity contribution in [3.05, 3.63) is 53.6 Å². The Hall–Kier alpha value is -3.13. The van der Waals surface area contributed by atoms with Gasteiger partial charge in [-0.1, -0.05) is 29.8 Å². The van der Waals surface area contributed by atoms with Crippen LogP contribution in [0.3, 0.4) is 0 Å². The van der Waals surface area contributed by atoms with Gasteiger partial charge in [0.2, 0.25) is 5.95 Å². The Kier molecular flexibility index (Phi) is 5.59. The Labute approximate surface area is 175 Å². The quantitative estimate of drug-likeness (QED) is 0.698. The molecule has 8 heteroatoms. The highest BCUT2D eigenvalue weighted by atomic mass is 19.1. The molecule has 2 atom stereocenters. The first-order chi connectivity index (χ1) is 14.4. The molecule has 0 unspecified atom stereocenters. The minimum absolute atomic E-state index is 0.0545. The van der Waals surface area contributed by atoms with Crippen LogP contribution in [0.4, 0.5) is 22.0 Å². The van der Waals surface area contributed by atoms with E-state index in [1.165, 1.54) is 11.8 Å². The van der Waals surface area contributed by atoms with Crippen molar-refractivity contribution < 1.29 is 9.13 Å². The SMILES string of the molecule is Cc1ccc(-c2cc(Nc3nc(N4C[C@@H](C)O[C@@H](C)C4)ncc3F)nnc2C)cc1. The zero-order valence-electron chi connectivity index (χ0n) is 17.6. The number of ether oxygens (including phenoxy) is 1. The zero-order valence-corrected chi connectivity index (χ0v) is 17.6. The van der Waals surface area contributed by atoms with Crippen LogP contribution in [0.1, 0.15) is 25.1 Å². The topological polar surface area (TPSA) is 76.1 Å². The summed E-state index contributed by atoms with van der Waals surface area (Å²) in [7, 11) is 0. The number of rotatable bonds is 4. The van der Waals surface area contributed by atoms with Crippen LogP contribution in [0.25, 0.3) is 11.1 Å². The summed E-state index contributed by atoms with van der Waals surface area (Å²) >= 11 is 0. The highest BCUT2D eigenvalue weighted by Gasteiger charge is 2.25. The normalized spacial score (nSPS) is 19.0. The molecule has 4 rings (SSSR count). The first-order valence-corrected chi connectivity index (χ1v) is 10.0. The van der Waals surface area contributed by atoms with Crippen LogP contribution >= 0.6 is 0 Å². The lowest BCUT2D eigenvalue weighted by molar-refractivity contribution is -0.00572. The number of aromatic nitrogens is 4. The fourth-order valence-corrected chi connectivity index (χ4v) is 3.60. The zero-order chi connectivity index (χ0) is 21.3. The Balaban J connectivity index is 1.61.